The Morgan fingerprint density at radius 2 is 1.91 bits per heavy atom. The van der Waals surface area contributed by atoms with Gasteiger partial charge in [-0.25, -0.2) is 9.82 Å². The molecule has 0 spiro atoms. The van der Waals surface area contributed by atoms with Crippen LogP contribution in [0.25, 0.3) is 0 Å². The number of benzene rings is 2. The van der Waals surface area contributed by atoms with E-state index in [4.69, 9.17) is 4.74 Å². The minimum absolute atomic E-state index is 0.149. The van der Waals surface area contributed by atoms with Gasteiger partial charge in [-0.15, -0.1) is 0 Å². The molecule has 0 aliphatic carbocycles. The molecule has 2 aromatic rings. The lowest BCUT2D eigenvalue weighted by Gasteiger charge is -2.12. The number of hydrogen-bond acceptors (Lipinski definition) is 3. The molecule has 2 rings (SSSR count). The fraction of sp³-hybridized carbons (Fsp3) is 0.333. The van der Waals surface area contributed by atoms with E-state index in [1.807, 2.05) is 43.3 Å². The first-order valence-corrected chi connectivity index (χ1v) is 7.62. The quantitative estimate of drug-likeness (QED) is 0.715. The van der Waals surface area contributed by atoms with E-state index in [0.29, 0.717) is 18.7 Å². The van der Waals surface area contributed by atoms with Gasteiger partial charge in [0.25, 0.3) is 0 Å². The van der Waals surface area contributed by atoms with Crippen molar-refractivity contribution in [2.45, 2.75) is 39.5 Å². The molecule has 0 saturated heterocycles. The van der Waals surface area contributed by atoms with Crippen molar-refractivity contribution < 1.29 is 9.13 Å². The highest BCUT2D eigenvalue weighted by molar-refractivity contribution is 5.41. The van der Waals surface area contributed by atoms with Gasteiger partial charge in [-0.3, -0.25) is 0 Å². The highest BCUT2D eigenvalue weighted by Gasteiger charge is 2.06. The fourth-order valence-corrected chi connectivity index (χ4v) is 1.94. The van der Waals surface area contributed by atoms with E-state index in [1.165, 1.54) is 0 Å². The van der Waals surface area contributed by atoms with E-state index in [2.05, 4.69) is 17.8 Å². The van der Waals surface area contributed by atoms with Gasteiger partial charge in [0, 0.05) is 17.8 Å². The van der Waals surface area contributed by atoms with Gasteiger partial charge < -0.3 is 10.2 Å². The minimum Gasteiger partial charge on any atom is -0.374 e. The van der Waals surface area contributed by atoms with Crippen LogP contribution in [0.2, 0.25) is 0 Å². The van der Waals surface area contributed by atoms with Crippen LogP contribution in [0.1, 0.15) is 31.4 Å². The summed E-state index contributed by atoms with van der Waals surface area (Å²) in [4.78, 5) is 0. The smallest absolute Gasteiger partial charge is 0.129 e. The Balaban J connectivity index is 1.84. The topological polar surface area (TPSA) is 33.3 Å². The SMILES string of the molecule is CCC(C)OCc1ccc(CNNc2ccccc2)cc1F. The second-order valence-corrected chi connectivity index (χ2v) is 5.30. The molecule has 0 amide bonds. The third-order valence-corrected chi connectivity index (χ3v) is 3.51. The maximum atomic E-state index is 14.0. The molecule has 3 nitrogen and oxygen atoms in total. The van der Waals surface area contributed by atoms with Gasteiger partial charge in [0.1, 0.15) is 5.82 Å². The number of para-hydroxylation sites is 1. The first-order valence-electron chi connectivity index (χ1n) is 7.62. The summed E-state index contributed by atoms with van der Waals surface area (Å²) in [5, 5.41) is 0. The summed E-state index contributed by atoms with van der Waals surface area (Å²) in [6.07, 6.45) is 1.07. The van der Waals surface area contributed by atoms with E-state index < -0.39 is 0 Å². The predicted molar refractivity (Wildman–Crippen MR) is 87.8 cm³/mol. The molecule has 2 N–H and O–H groups in total. The van der Waals surface area contributed by atoms with Crippen LogP contribution in [0.4, 0.5) is 10.1 Å². The van der Waals surface area contributed by atoms with Gasteiger partial charge in [-0.05, 0) is 37.1 Å². The van der Waals surface area contributed by atoms with Crippen LogP contribution in [-0.2, 0) is 17.9 Å². The van der Waals surface area contributed by atoms with Gasteiger partial charge in [0.2, 0.25) is 0 Å². The zero-order valence-electron chi connectivity index (χ0n) is 13.1. The first kappa shape index (κ1) is 16.5. The Labute approximate surface area is 131 Å². The predicted octanol–water partition coefficient (Wildman–Crippen LogP) is 4.26. The van der Waals surface area contributed by atoms with Gasteiger partial charge in [-0.1, -0.05) is 37.3 Å². The molecule has 2 aromatic carbocycles. The van der Waals surface area contributed by atoms with Crippen LogP contribution < -0.4 is 10.9 Å². The Morgan fingerprint density at radius 3 is 2.59 bits per heavy atom. The van der Waals surface area contributed by atoms with Crippen molar-refractivity contribution in [2.24, 2.45) is 0 Å². The summed E-state index contributed by atoms with van der Waals surface area (Å²) in [6.45, 7) is 4.90. The van der Waals surface area contributed by atoms with Crippen molar-refractivity contribution in [2.75, 3.05) is 5.43 Å². The van der Waals surface area contributed by atoms with Crippen molar-refractivity contribution in [1.29, 1.82) is 0 Å². The van der Waals surface area contributed by atoms with Gasteiger partial charge >= 0.3 is 0 Å². The summed E-state index contributed by atoms with van der Waals surface area (Å²) in [5.74, 6) is -0.220. The Kier molecular flexibility index (Phi) is 6.37. The van der Waals surface area contributed by atoms with E-state index in [-0.39, 0.29) is 11.9 Å². The van der Waals surface area contributed by atoms with Crippen LogP contribution in [0.3, 0.4) is 0 Å². The van der Waals surface area contributed by atoms with Crippen molar-refractivity contribution in [1.82, 2.24) is 5.43 Å². The van der Waals surface area contributed by atoms with Crippen molar-refractivity contribution >= 4 is 5.69 Å². The molecule has 118 valence electrons. The molecule has 0 aliphatic rings. The maximum absolute atomic E-state index is 14.0. The molecule has 0 heterocycles. The first-order chi connectivity index (χ1) is 10.7. The maximum Gasteiger partial charge on any atom is 0.129 e. The molecule has 0 fully saturated rings. The summed E-state index contributed by atoms with van der Waals surface area (Å²) in [5.41, 5.74) is 8.61. The van der Waals surface area contributed by atoms with E-state index in [9.17, 15) is 4.39 Å². The monoisotopic (exact) mass is 302 g/mol. The van der Waals surface area contributed by atoms with Crippen LogP contribution in [0.15, 0.2) is 48.5 Å². The molecule has 0 aromatic heterocycles. The van der Waals surface area contributed by atoms with Crippen molar-refractivity contribution in [3.05, 3.63) is 65.5 Å². The molecule has 22 heavy (non-hydrogen) atoms. The van der Waals surface area contributed by atoms with E-state index in [1.54, 1.807) is 12.1 Å². The molecule has 0 aliphatic heterocycles. The minimum atomic E-state index is -0.220. The van der Waals surface area contributed by atoms with E-state index in [0.717, 1.165) is 17.7 Å². The molecular weight excluding hydrogens is 279 g/mol. The number of hydrazine groups is 1. The molecule has 4 heteroatoms. The normalized spacial score (nSPS) is 12.1. The Bertz CT molecular complexity index is 575. The Morgan fingerprint density at radius 1 is 1.14 bits per heavy atom. The summed E-state index contributed by atoms with van der Waals surface area (Å²) < 4.78 is 19.6. The van der Waals surface area contributed by atoms with Gasteiger partial charge in [-0.2, -0.15) is 0 Å². The van der Waals surface area contributed by atoms with Gasteiger partial charge in [0.15, 0.2) is 0 Å². The zero-order chi connectivity index (χ0) is 15.8. The lowest BCUT2D eigenvalue weighted by Crippen LogP contribution is -2.20. The molecular formula is C18H23FN2O. The molecule has 1 unspecified atom stereocenters. The largest absolute Gasteiger partial charge is 0.374 e. The molecule has 0 saturated carbocycles. The third kappa shape index (κ3) is 5.13. The molecule has 1 atom stereocenters. The van der Waals surface area contributed by atoms with Crippen molar-refractivity contribution in [3.63, 3.8) is 0 Å². The average molecular weight is 302 g/mol. The van der Waals surface area contributed by atoms with Crippen molar-refractivity contribution in [3.8, 4) is 0 Å². The van der Waals surface area contributed by atoms with Crippen LogP contribution in [0.5, 0.6) is 0 Å². The number of rotatable bonds is 8. The number of hydrogen-bond donors (Lipinski definition) is 2. The number of ether oxygens (including phenoxy) is 1. The summed E-state index contributed by atoms with van der Waals surface area (Å²) in [7, 11) is 0. The standard InChI is InChI=1S/C18H23FN2O/c1-3-14(2)22-13-16-10-9-15(11-18(16)19)12-20-21-17-7-5-4-6-8-17/h4-11,14,20-21H,3,12-13H2,1-2H3. The van der Waals surface area contributed by atoms with Gasteiger partial charge in [0.05, 0.1) is 12.7 Å². The Hall–Kier alpha value is -1.91. The zero-order valence-corrected chi connectivity index (χ0v) is 13.1. The molecule has 0 radical (unpaired) electrons. The molecule has 0 bridgehead atoms. The number of anilines is 1. The van der Waals surface area contributed by atoms with Crippen LogP contribution in [-0.4, -0.2) is 6.10 Å². The second kappa shape index (κ2) is 8.51. The lowest BCUT2D eigenvalue weighted by molar-refractivity contribution is 0.0492. The highest BCUT2D eigenvalue weighted by atomic mass is 19.1. The van der Waals surface area contributed by atoms with Crippen LogP contribution in [0, 0.1) is 5.82 Å². The second-order valence-electron chi connectivity index (χ2n) is 5.30. The number of nitrogens with one attached hydrogen (secondary N) is 2. The summed E-state index contributed by atoms with van der Waals surface area (Å²) >= 11 is 0. The fourth-order valence-electron chi connectivity index (χ4n) is 1.94. The highest BCUT2D eigenvalue weighted by Crippen LogP contribution is 2.13. The lowest BCUT2D eigenvalue weighted by atomic mass is 10.1. The van der Waals surface area contributed by atoms with E-state index >= 15 is 0 Å². The average Bonchev–Trinajstić information content (AvgIpc) is 2.54. The van der Waals surface area contributed by atoms with Crippen LogP contribution >= 0.6 is 0 Å². The number of halogens is 1. The summed E-state index contributed by atoms with van der Waals surface area (Å²) in [6, 6.07) is 15.0. The third-order valence-electron chi connectivity index (χ3n) is 3.51.